The van der Waals surface area contributed by atoms with E-state index in [-0.39, 0.29) is 33.8 Å². The molecule has 11 nitrogen and oxygen atoms in total. The van der Waals surface area contributed by atoms with Crippen LogP contribution in [0.5, 0.6) is 5.75 Å². The number of amides is 2. The summed E-state index contributed by atoms with van der Waals surface area (Å²) in [6, 6.07) is 32.0. The summed E-state index contributed by atoms with van der Waals surface area (Å²) >= 11 is 7.96. The number of rotatable bonds is 8. The summed E-state index contributed by atoms with van der Waals surface area (Å²) in [4.78, 5) is 79.5. The molecule has 2 amide bonds. The topological polar surface area (TPSA) is 150 Å². The highest BCUT2D eigenvalue weighted by molar-refractivity contribution is 9.10. The number of benzene rings is 5. The van der Waals surface area contributed by atoms with Crippen LogP contribution >= 0.6 is 31.9 Å². The molecule has 1 aliphatic heterocycles. The normalized spacial score (nSPS) is 22.0. The van der Waals surface area contributed by atoms with E-state index in [2.05, 4.69) is 31.9 Å². The number of halogens is 2. The Morgan fingerprint density at radius 2 is 1.13 bits per heavy atom. The quantitative estimate of drug-likeness (QED) is 0.0299. The number of nitro groups is 1. The number of anilines is 1. The van der Waals surface area contributed by atoms with Gasteiger partial charge in [-0.2, -0.15) is 0 Å². The van der Waals surface area contributed by atoms with Crippen LogP contribution in [-0.4, -0.2) is 41.1 Å². The minimum atomic E-state index is -1.01. The lowest BCUT2D eigenvalue weighted by atomic mass is 9.54. The number of hydrogen-bond donors (Lipinski definition) is 0. The Labute approximate surface area is 317 Å². The number of ketones is 1. The molecule has 0 aromatic heterocycles. The molecule has 53 heavy (non-hydrogen) atoms. The van der Waals surface area contributed by atoms with Gasteiger partial charge in [0.05, 0.1) is 42.2 Å². The highest BCUT2D eigenvalue weighted by atomic mass is 79.9. The van der Waals surface area contributed by atoms with E-state index in [1.165, 1.54) is 60.7 Å². The number of esters is 2. The fourth-order valence-electron chi connectivity index (χ4n) is 7.63. The van der Waals surface area contributed by atoms with Crippen LogP contribution in [0.4, 0.5) is 11.4 Å². The highest BCUT2D eigenvalue weighted by Crippen LogP contribution is 2.71. The molecule has 1 heterocycles. The third kappa shape index (κ3) is 5.17. The zero-order valence-corrected chi connectivity index (χ0v) is 30.4. The van der Waals surface area contributed by atoms with Crippen molar-refractivity contribution in [3.05, 3.63) is 170 Å². The number of non-ortho nitro benzene ring substituents is 1. The Morgan fingerprint density at radius 3 is 1.64 bits per heavy atom. The second kappa shape index (κ2) is 12.7. The van der Waals surface area contributed by atoms with E-state index in [1.807, 2.05) is 48.5 Å². The number of hydrogen-bond acceptors (Lipinski definition) is 9. The molecule has 1 fully saturated rings. The summed E-state index contributed by atoms with van der Waals surface area (Å²) < 4.78 is 8.70. The molecule has 5 aromatic rings. The standard InChI is InChI=1S/C40H24Br2N2O9/c41-39-27-8-2-3-9-28(27)40(42,30-11-5-4-10-29(30)39)34-33(39)35(46)43(36(34)47)31-12-6-1-7-26(31)38(49)52-21-32(45)22-15-19-25(20-16-22)53-37(48)23-13-17-24(18-14-23)44(50)51/h1-20,33-34H,21H2. The molecule has 13 heteroatoms. The number of nitrogens with zero attached hydrogens (tertiary/aromatic N) is 2. The first kappa shape index (κ1) is 34.3. The summed E-state index contributed by atoms with van der Waals surface area (Å²) in [7, 11) is 0. The third-order valence-electron chi connectivity index (χ3n) is 9.99. The van der Waals surface area contributed by atoms with Crippen molar-refractivity contribution in [3.63, 3.8) is 0 Å². The summed E-state index contributed by atoms with van der Waals surface area (Å²) in [6.45, 7) is -0.651. The predicted octanol–water partition coefficient (Wildman–Crippen LogP) is 7.26. The second-order valence-corrected chi connectivity index (χ2v) is 15.2. The van der Waals surface area contributed by atoms with Crippen LogP contribution < -0.4 is 9.64 Å². The monoisotopic (exact) mass is 834 g/mol. The fourth-order valence-corrected chi connectivity index (χ4v) is 9.94. The maximum absolute atomic E-state index is 14.5. The molecule has 0 saturated carbocycles. The van der Waals surface area contributed by atoms with Crippen molar-refractivity contribution in [1.82, 2.24) is 0 Å². The van der Waals surface area contributed by atoms with E-state index in [0.29, 0.717) is 0 Å². The number of carbonyl (C=O) groups is 5. The lowest BCUT2D eigenvalue weighted by Crippen LogP contribution is -2.56. The van der Waals surface area contributed by atoms with Crippen molar-refractivity contribution in [1.29, 1.82) is 0 Å². The van der Waals surface area contributed by atoms with Gasteiger partial charge < -0.3 is 9.47 Å². The van der Waals surface area contributed by atoms with E-state index in [0.717, 1.165) is 27.2 Å². The van der Waals surface area contributed by atoms with Gasteiger partial charge in [-0.1, -0.05) is 92.5 Å². The summed E-state index contributed by atoms with van der Waals surface area (Å²) in [6.07, 6.45) is 0. The van der Waals surface area contributed by atoms with Gasteiger partial charge in [0.2, 0.25) is 11.8 Å². The Balaban J connectivity index is 1.00. The van der Waals surface area contributed by atoms with Crippen LogP contribution in [0.15, 0.2) is 121 Å². The first-order valence-corrected chi connectivity index (χ1v) is 17.9. The van der Waals surface area contributed by atoms with E-state index in [1.54, 1.807) is 12.1 Å². The molecule has 0 radical (unpaired) electrons. The second-order valence-electron chi connectivity index (χ2n) is 12.7. The number of Topliss-reactive ketones (excluding diaryl/α,β-unsaturated/α-hetero) is 1. The summed E-state index contributed by atoms with van der Waals surface area (Å²) in [5, 5.41) is 10.9. The van der Waals surface area contributed by atoms with E-state index < -0.39 is 61.6 Å². The molecule has 9 rings (SSSR count). The Morgan fingerprint density at radius 1 is 0.660 bits per heavy atom. The molecular formula is C40H24Br2N2O9. The molecule has 1 saturated heterocycles. The first-order valence-electron chi connectivity index (χ1n) is 16.3. The van der Waals surface area contributed by atoms with Crippen molar-refractivity contribution in [3.8, 4) is 5.75 Å². The van der Waals surface area contributed by atoms with Crippen molar-refractivity contribution >= 4 is 72.8 Å². The van der Waals surface area contributed by atoms with Crippen LogP contribution in [-0.2, 0) is 23.0 Å². The van der Waals surface area contributed by atoms with Crippen LogP contribution in [0.2, 0.25) is 0 Å². The highest BCUT2D eigenvalue weighted by Gasteiger charge is 2.72. The van der Waals surface area contributed by atoms with Crippen LogP contribution in [0.3, 0.4) is 0 Å². The zero-order chi connectivity index (χ0) is 37.2. The molecule has 5 aromatic carbocycles. The van der Waals surface area contributed by atoms with Gasteiger partial charge in [0.25, 0.3) is 5.69 Å². The minimum Gasteiger partial charge on any atom is -0.454 e. The lowest BCUT2D eigenvalue weighted by molar-refractivity contribution is -0.384. The Kier molecular flexibility index (Phi) is 8.23. The molecular weight excluding hydrogens is 812 g/mol. The third-order valence-corrected chi connectivity index (χ3v) is 12.7. The van der Waals surface area contributed by atoms with Crippen molar-refractivity contribution < 1.29 is 38.4 Å². The molecule has 262 valence electrons. The smallest absolute Gasteiger partial charge is 0.343 e. The zero-order valence-electron chi connectivity index (χ0n) is 27.2. The lowest BCUT2D eigenvalue weighted by Gasteiger charge is -2.55. The number of ether oxygens (including phenoxy) is 2. The predicted molar refractivity (Wildman–Crippen MR) is 197 cm³/mol. The first-order chi connectivity index (χ1) is 25.5. The van der Waals surface area contributed by atoms with E-state index in [4.69, 9.17) is 9.47 Å². The summed E-state index contributed by atoms with van der Waals surface area (Å²) in [5.74, 6) is -4.74. The number of nitro benzene ring substituents is 1. The molecule has 0 spiro atoms. The van der Waals surface area contributed by atoms with Crippen LogP contribution in [0.25, 0.3) is 0 Å². The minimum absolute atomic E-state index is 0.0493. The molecule has 3 aliphatic carbocycles. The largest absolute Gasteiger partial charge is 0.454 e. The van der Waals surface area contributed by atoms with Crippen molar-refractivity contribution in [2.45, 2.75) is 8.65 Å². The van der Waals surface area contributed by atoms with E-state index in [9.17, 15) is 34.1 Å². The summed E-state index contributed by atoms with van der Waals surface area (Å²) in [5.41, 5.74) is 3.58. The van der Waals surface area contributed by atoms with Gasteiger partial charge >= 0.3 is 11.9 Å². The number of alkyl halides is 2. The number of carbonyl (C=O) groups excluding carboxylic acids is 5. The Hall–Kier alpha value is -5.79. The molecule has 2 atom stereocenters. The number of imide groups is 1. The average Bonchev–Trinajstić information content (AvgIpc) is 3.46. The van der Waals surface area contributed by atoms with Gasteiger partial charge in [-0.15, -0.1) is 0 Å². The molecule has 2 unspecified atom stereocenters. The average molecular weight is 836 g/mol. The van der Waals surface area contributed by atoms with E-state index >= 15 is 0 Å². The van der Waals surface area contributed by atoms with Gasteiger partial charge in [-0.3, -0.25) is 24.5 Å². The maximum Gasteiger partial charge on any atom is 0.343 e. The fraction of sp³-hybridized carbons (Fsp3) is 0.125. The van der Waals surface area contributed by atoms with Crippen LogP contribution in [0, 0.1) is 22.0 Å². The van der Waals surface area contributed by atoms with Gasteiger partial charge in [0.15, 0.2) is 12.4 Å². The van der Waals surface area contributed by atoms with Crippen LogP contribution in [0.1, 0.15) is 53.3 Å². The van der Waals surface area contributed by atoms with Gasteiger partial charge in [-0.25, -0.2) is 14.5 Å². The molecule has 0 N–H and O–H groups in total. The van der Waals surface area contributed by atoms with Crippen molar-refractivity contribution in [2.75, 3.05) is 11.5 Å². The number of para-hydroxylation sites is 1. The molecule has 4 aliphatic rings. The molecule has 2 bridgehead atoms. The maximum atomic E-state index is 14.5. The van der Waals surface area contributed by atoms with Crippen molar-refractivity contribution in [2.24, 2.45) is 11.8 Å². The van der Waals surface area contributed by atoms with Gasteiger partial charge in [0, 0.05) is 17.7 Å². The Bertz CT molecular complexity index is 2290. The SMILES string of the molecule is O=C(COC(=O)c1ccccc1N1C(=O)C2C(C1=O)C1(Br)c3ccccc3C2(Br)c2ccccc21)c1ccc(OC(=O)c2ccc([N+](=O)[O-])cc2)cc1. The van der Waals surface area contributed by atoms with Gasteiger partial charge in [-0.05, 0) is 70.8 Å². The van der Waals surface area contributed by atoms with Gasteiger partial charge in [0.1, 0.15) is 5.75 Å².